The quantitative estimate of drug-likeness (QED) is 0.182. The molecule has 0 fully saturated rings. The average Bonchev–Trinajstić information content (AvgIpc) is 3.56. The number of furan rings is 1. The van der Waals surface area contributed by atoms with Crippen molar-refractivity contribution in [1.82, 2.24) is 24.9 Å². The zero-order valence-electron chi connectivity index (χ0n) is 26.2. The highest BCUT2D eigenvalue weighted by Gasteiger charge is 2.15. The zero-order valence-corrected chi connectivity index (χ0v) is 26.2. The van der Waals surface area contributed by atoms with E-state index in [4.69, 9.17) is 24.4 Å². The van der Waals surface area contributed by atoms with E-state index >= 15 is 0 Å². The van der Waals surface area contributed by atoms with Crippen LogP contribution in [0.3, 0.4) is 0 Å². The van der Waals surface area contributed by atoms with Crippen LogP contribution in [-0.2, 0) is 0 Å². The summed E-state index contributed by atoms with van der Waals surface area (Å²) in [7, 11) is 0. The first-order valence-electron chi connectivity index (χ1n) is 16.1. The molecule has 0 aliphatic rings. The molecule has 0 unspecified atom stereocenters. The third kappa shape index (κ3) is 5.51. The summed E-state index contributed by atoms with van der Waals surface area (Å²) >= 11 is 0. The fourth-order valence-corrected chi connectivity index (χ4v) is 6.15. The van der Waals surface area contributed by atoms with Gasteiger partial charge in [0, 0.05) is 57.2 Å². The second-order valence-electron chi connectivity index (χ2n) is 11.8. The van der Waals surface area contributed by atoms with E-state index < -0.39 is 0 Å². The first kappa shape index (κ1) is 28.4. The van der Waals surface area contributed by atoms with Crippen LogP contribution in [0.1, 0.15) is 0 Å². The fourth-order valence-electron chi connectivity index (χ4n) is 6.15. The third-order valence-corrected chi connectivity index (χ3v) is 8.72. The van der Waals surface area contributed by atoms with Crippen molar-refractivity contribution < 1.29 is 4.42 Å². The summed E-state index contributed by atoms with van der Waals surface area (Å²) in [5.41, 5.74) is 10.7. The van der Waals surface area contributed by atoms with Gasteiger partial charge in [-0.05, 0) is 65.2 Å². The van der Waals surface area contributed by atoms with Crippen molar-refractivity contribution in [2.75, 3.05) is 0 Å². The minimum atomic E-state index is 0.597. The predicted molar refractivity (Wildman–Crippen MR) is 195 cm³/mol. The van der Waals surface area contributed by atoms with Crippen molar-refractivity contribution in [2.24, 2.45) is 0 Å². The Kier molecular flexibility index (Phi) is 7.02. The molecule has 0 saturated carbocycles. The van der Waals surface area contributed by atoms with Crippen LogP contribution in [-0.4, -0.2) is 24.9 Å². The molecule has 9 aromatic rings. The molecular formula is C43H27N5O. The summed E-state index contributed by atoms with van der Waals surface area (Å²) in [4.78, 5) is 23.7. The van der Waals surface area contributed by atoms with E-state index in [9.17, 15) is 0 Å². The van der Waals surface area contributed by atoms with Gasteiger partial charge in [-0.25, -0.2) is 15.0 Å². The van der Waals surface area contributed by atoms with E-state index in [0.717, 1.165) is 72.1 Å². The number of rotatable bonds is 6. The third-order valence-electron chi connectivity index (χ3n) is 8.72. The van der Waals surface area contributed by atoms with Crippen molar-refractivity contribution in [3.63, 3.8) is 0 Å². The number of hydrogen-bond acceptors (Lipinski definition) is 6. The van der Waals surface area contributed by atoms with Crippen LogP contribution in [0.15, 0.2) is 169 Å². The highest BCUT2D eigenvalue weighted by Crippen LogP contribution is 2.35. The van der Waals surface area contributed by atoms with Crippen LogP contribution < -0.4 is 0 Å². The molecule has 0 saturated heterocycles. The van der Waals surface area contributed by atoms with Gasteiger partial charge in [0.15, 0.2) is 17.5 Å². The monoisotopic (exact) mass is 629 g/mol. The molecule has 0 amide bonds. The van der Waals surface area contributed by atoms with E-state index in [2.05, 4.69) is 65.6 Å². The molecule has 0 aliphatic heterocycles. The molecular weight excluding hydrogens is 603 g/mol. The number of nitrogens with zero attached hydrogens (tertiary/aromatic N) is 5. The summed E-state index contributed by atoms with van der Waals surface area (Å²) in [6.45, 7) is 0. The van der Waals surface area contributed by atoms with Gasteiger partial charge in [-0.1, -0.05) is 97.1 Å². The second kappa shape index (κ2) is 12.1. The molecule has 6 heteroatoms. The predicted octanol–water partition coefficient (Wildman–Crippen LogP) is 10.6. The SMILES string of the molecule is c1ccc(-c2ccc(-c3nc(-c4ccccc4)nc(-c4ccc5oc6ccc(-c7ccc(-c8ccncc8)nc7)cc6c5c4)n3)cc2)cc1. The van der Waals surface area contributed by atoms with Gasteiger partial charge in [-0.3, -0.25) is 9.97 Å². The Morgan fingerprint density at radius 3 is 1.49 bits per heavy atom. The van der Waals surface area contributed by atoms with Gasteiger partial charge < -0.3 is 4.42 Å². The average molecular weight is 630 g/mol. The number of hydrogen-bond donors (Lipinski definition) is 0. The number of benzene rings is 5. The van der Waals surface area contributed by atoms with Gasteiger partial charge in [0.1, 0.15) is 11.2 Å². The molecule has 4 heterocycles. The van der Waals surface area contributed by atoms with Crippen LogP contribution in [0.25, 0.3) is 89.6 Å². The molecule has 6 nitrogen and oxygen atoms in total. The van der Waals surface area contributed by atoms with Crippen molar-refractivity contribution in [1.29, 1.82) is 0 Å². The van der Waals surface area contributed by atoms with Crippen LogP contribution in [0.4, 0.5) is 0 Å². The Balaban J connectivity index is 1.12. The van der Waals surface area contributed by atoms with Gasteiger partial charge in [-0.2, -0.15) is 0 Å². The van der Waals surface area contributed by atoms with Crippen LogP contribution >= 0.6 is 0 Å². The molecule has 0 N–H and O–H groups in total. The van der Waals surface area contributed by atoms with Gasteiger partial charge >= 0.3 is 0 Å². The molecule has 0 radical (unpaired) electrons. The lowest BCUT2D eigenvalue weighted by atomic mass is 10.0. The Morgan fingerprint density at radius 1 is 0.367 bits per heavy atom. The molecule has 0 bridgehead atoms. The van der Waals surface area contributed by atoms with Crippen molar-refractivity contribution in [3.8, 4) is 67.7 Å². The Bertz CT molecular complexity index is 2570. The maximum absolute atomic E-state index is 6.27. The lowest BCUT2D eigenvalue weighted by molar-refractivity contribution is 0.669. The Hall–Kier alpha value is -6.79. The van der Waals surface area contributed by atoms with Gasteiger partial charge in [0.2, 0.25) is 0 Å². The molecule has 4 aromatic heterocycles. The minimum Gasteiger partial charge on any atom is -0.456 e. The van der Waals surface area contributed by atoms with Gasteiger partial charge in [0.25, 0.3) is 0 Å². The lowest BCUT2D eigenvalue weighted by Gasteiger charge is -2.09. The summed E-state index contributed by atoms with van der Waals surface area (Å²) in [5, 5.41) is 2.01. The van der Waals surface area contributed by atoms with E-state index in [1.54, 1.807) is 12.4 Å². The van der Waals surface area contributed by atoms with E-state index in [0.29, 0.717) is 17.5 Å². The second-order valence-corrected chi connectivity index (χ2v) is 11.8. The topological polar surface area (TPSA) is 77.6 Å². The Labute approximate surface area is 282 Å². The van der Waals surface area contributed by atoms with Crippen LogP contribution in [0, 0.1) is 0 Å². The molecule has 9 rings (SSSR count). The minimum absolute atomic E-state index is 0.597. The van der Waals surface area contributed by atoms with Crippen molar-refractivity contribution in [3.05, 3.63) is 164 Å². The molecule has 230 valence electrons. The maximum atomic E-state index is 6.27. The summed E-state index contributed by atoms with van der Waals surface area (Å²) in [6, 6.07) is 49.2. The molecule has 49 heavy (non-hydrogen) atoms. The molecule has 5 aromatic carbocycles. The highest BCUT2D eigenvalue weighted by atomic mass is 16.3. The van der Waals surface area contributed by atoms with Crippen molar-refractivity contribution >= 4 is 21.9 Å². The first-order valence-corrected chi connectivity index (χ1v) is 16.1. The highest BCUT2D eigenvalue weighted by molar-refractivity contribution is 6.07. The maximum Gasteiger partial charge on any atom is 0.164 e. The zero-order chi connectivity index (χ0) is 32.6. The molecule has 0 spiro atoms. The van der Waals surface area contributed by atoms with Crippen LogP contribution in [0.2, 0.25) is 0 Å². The smallest absolute Gasteiger partial charge is 0.164 e. The standard InChI is InChI=1S/C43H27N5O/c1-3-7-28(8-4-1)29-11-13-32(14-12-29)42-46-41(31-9-5-2-6-10-31)47-43(48-42)34-17-20-40-37(26-34)36-25-33(16-19-39(36)49-40)35-15-18-38(45-27-35)30-21-23-44-24-22-30/h1-27H. The van der Waals surface area contributed by atoms with E-state index in [1.165, 1.54) is 0 Å². The van der Waals surface area contributed by atoms with Crippen LogP contribution in [0.5, 0.6) is 0 Å². The molecule has 0 aliphatic carbocycles. The normalized spacial score (nSPS) is 11.3. The van der Waals surface area contributed by atoms with Gasteiger partial charge in [-0.15, -0.1) is 0 Å². The fraction of sp³-hybridized carbons (Fsp3) is 0. The number of aromatic nitrogens is 5. The van der Waals surface area contributed by atoms with E-state index in [-0.39, 0.29) is 0 Å². The summed E-state index contributed by atoms with van der Waals surface area (Å²) in [6.07, 6.45) is 5.47. The Morgan fingerprint density at radius 2 is 0.857 bits per heavy atom. The summed E-state index contributed by atoms with van der Waals surface area (Å²) in [5.74, 6) is 1.83. The summed E-state index contributed by atoms with van der Waals surface area (Å²) < 4.78 is 6.27. The van der Waals surface area contributed by atoms with E-state index in [1.807, 2.05) is 91.1 Å². The molecule has 0 atom stereocenters. The first-order chi connectivity index (χ1) is 24.2. The lowest BCUT2D eigenvalue weighted by Crippen LogP contribution is -2.00. The van der Waals surface area contributed by atoms with Gasteiger partial charge in [0.05, 0.1) is 5.69 Å². The van der Waals surface area contributed by atoms with Crippen molar-refractivity contribution in [2.45, 2.75) is 0 Å². The number of fused-ring (bicyclic) bond motifs is 3. The largest absolute Gasteiger partial charge is 0.456 e. The number of pyridine rings is 2.